The Morgan fingerprint density at radius 3 is 2.58 bits per heavy atom. The molecule has 122 valence electrons. The Morgan fingerprint density at radius 2 is 1.83 bits per heavy atom. The minimum Gasteiger partial charge on any atom is -0.496 e. The smallest absolute Gasteiger partial charge is 0.133 e. The van der Waals surface area contributed by atoms with Gasteiger partial charge in [-0.1, -0.05) is 23.2 Å². The van der Waals surface area contributed by atoms with Crippen LogP contribution < -0.4 is 10.1 Å². The lowest BCUT2D eigenvalue weighted by atomic mass is 10.1. The molecule has 2 heterocycles. The fraction of sp³-hybridized carbons (Fsp3) is 0.167. The Morgan fingerprint density at radius 1 is 1.08 bits per heavy atom. The van der Waals surface area contributed by atoms with E-state index in [9.17, 15) is 0 Å². The Kier molecular flexibility index (Phi) is 3.87. The van der Waals surface area contributed by atoms with Crippen molar-refractivity contribution in [3.63, 3.8) is 0 Å². The minimum absolute atomic E-state index is 0.659. The number of nitrogens with zero attached hydrogens (tertiary/aromatic N) is 2. The Hall–Kier alpha value is -2.17. The van der Waals surface area contributed by atoms with E-state index in [1.165, 1.54) is 5.56 Å². The topological polar surface area (TPSA) is 39.1 Å². The average Bonchev–Trinajstić information content (AvgIpc) is 3.18. The summed E-state index contributed by atoms with van der Waals surface area (Å²) in [5.41, 5.74) is 3.92. The molecule has 4 nitrogen and oxygen atoms in total. The molecule has 4 rings (SSSR count). The van der Waals surface area contributed by atoms with Crippen LogP contribution in [-0.4, -0.2) is 23.4 Å². The molecule has 1 aliphatic rings. The Bertz CT molecular complexity index is 903. The van der Waals surface area contributed by atoms with Gasteiger partial charge in [-0.2, -0.15) is 5.10 Å². The summed E-state index contributed by atoms with van der Waals surface area (Å²) >= 11 is 12.2. The molecule has 24 heavy (non-hydrogen) atoms. The van der Waals surface area contributed by atoms with Crippen molar-refractivity contribution in [3.05, 3.63) is 58.1 Å². The van der Waals surface area contributed by atoms with E-state index in [-0.39, 0.29) is 0 Å². The molecule has 1 aromatic heterocycles. The van der Waals surface area contributed by atoms with E-state index < -0.39 is 0 Å². The Labute approximate surface area is 150 Å². The monoisotopic (exact) mass is 359 g/mol. The highest BCUT2D eigenvalue weighted by molar-refractivity contribution is 6.31. The highest BCUT2D eigenvalue weighted by Crippen LogP contribution is 2.39. The number of fused-ring (bicyclic) bond motifs is 1. The van der Waals surface area contributed by atoms with Gasteiger partial charge in [0.15, 0.2) is 0 Å². The normalized spacial score (nSPS) is 12.8. The molecule has 0 amide bonds. The van der Waals surface area contributed by atoms with Crippen molar-refractivity contribution in [2.45, 2.75) is 6.42 Å². The number of anilines is 1. The molecular formula is C18H15Cl2N3O. The third-order valence-electron chi connectivity index (χ3n) is 4.14. The van der Waals surface area contributed by atoms with Crippen LogP contribution in [0.4, 0.5) is 5.82 Å². The number of halogens is 2. The number of hydrogen-bond donors (Lipinski definition) is 1. The Balaban J connectivity index is 1.91. The van der Waals surface area contributed by atoms with E-state index in [1.807, 2.05) is 47.1 Å². The van der Waals surface area contributed by atoms with Gasteiger partial charge in [0, 0.05) is 27.7 Å². The largest absolute Gasteiger partial charge is 0.496 e. The van der Waals surface area contributed by atoms with Crippen LogP contribution in [0.15, 0.2) is 42.5 Å². The molecule has 0 saturated carbocycles. The molecule has 1 N–H and O–H groups in total. The predicted octanol–water partition coefficient (Wildman–Crippen LogP) is 4.82. The van der Waals surface area contributed by atoms with Gasteiger partial charge in [-0.05, 0) is 48.9 Å². The van der Waals surface area contributed by atoms with E-state index in [2.05, 4.69) is 5.32 Å². The second-order valence-corrected chi connectivity index (χ2v) is 6.46. The lowest BCUT2D eigenvalue weighted by molar-refractivity contribution is 0.416. The van der Waals surface area contributed by atoms with E-state index in [4.69, 9.17) is 33.0 Å². The summed E-state index contributed by atoms with van der Waals surface area (Å²) in [5.74, 6) is 1.77. The van der Waals surface area contributed by atoms with Crippen molar-refractivity contribution in [3.8, 4) is 22.7 Å². The number of nitrogens with one attached hydrogen (secondary N) is 1. The maximum atomic E-state index is 6.20. The van der Waals surface area contributed by atoms with Crippen molar-refractivity contribution in [1.29, 1.82) is 0 Å². The van der Waals surface area contributed by atoms with Crippen LogP contribution in [0.5, 0.6) is 5.75 Å². The summed E-state index contributed by atoms with van der Waals surface area (Å²) in [7, 11) is 1.65. The molecule has 0 atom stereocenters. The highest BCUT2D eigenvalue weighted by atomic mass is 35.5. The SMILES string of the molecule is COc1ccc(Cl)cc1-c1nn(-c2ccc(Cl)cc2)c2c1CCN2. The first kappa shape index (κ1) is 15.4. The van der Waals surface area contributed by atoms with Gasteiger partial charge in [0.25, 0.3) is 0 Å². The fourth-order valence-electron chi connectivity index (χ4n) is 3.03. The van der Waals surface area contributed by atoms with Gasteiger partial charge >= 0.3 is 0 Å². The lowest BCUT2D eigenvalue weighted by Gasteiger charge is -2.08. The first-order chi connectivity index (χ1) is 11.7. The summed E-state index contributed by atoms with van der Waals surface area (Å²) < 4.78 is 7.41. The van der Waals surface area contributed by atoms with Crippen molar-refractivity contribution in [1.82, 2.24) is 9.78 Å². The third-order valence-corrected chi connectivity index (χ3v) is 4.63. The number of rotatable bonds is 3. The molecule has 0 saturated heterocycles. The van der Waals surface area contributed by atoms with Crippen molar-refractivity contribution in [2.24, 2.45) is 0 Å². The summed E-state index contributed by atoms with van der Waals surface area (Å²) in [6.07, 6.45) is 0.911. The summed E-state index contributed by atoms with van der Waals surface area (Å²) in [5, 5.41) is 9.60. The van der Waals surface area contributed by atoms with Crippen LogP contribution in [0.25, 0.3) is 16.9 Å². The third kappa shape index (κ3) is 2.52. The molecular weight excluding hydrogens is 345 g/mol. The molecule has 1 aliphatic heterocycles. The fourth-order valence-corrected chi connectivity index (χ4v) is 3.32. The van der Waals surface area contributed by atoms with Gasteiger partial charge in [-0.15, -0.1) is 0 Å². The molecule has 3 aromatic rings. The average molecular weight is 360 g/mol. The molecule has 6 heteroatoms. The van der Waals surface area contributed by atoms with Crippen molar-refractivity contribution < 1.29 is 4.74 Å². The molecule has 0 fully saturated rings. The van der Waals surface area contributed by atoms with Crippen LogP contribution in [-0.2, 0) is 6.42 Å². The van der Waals surface area contributed by atoms with Gasteiger partial charge in [0.05, 0.1) is 12.8 Å². The van der Waals surface area contributed by atoms with Crippen LogP contribution in [0.3, 0.4) is 0 Å². The van der Waals surface area contributed by atoms with Crippen LogP contribution >= 0.6 is 23.2 Å². The molecule has 0 aliphatic carbocycles. The van der Waals surface area contributed by atoms with Crippen LogP contribution in [0.1, 0.15) is 5.56 Å². The van der Waals surface area contributed by atoms with Gasteiger partial charge < -0.3 is 10.1 Å². The number of hydrogen-bond acceptors (Lipinski definition) is 3. The standard InChI is InChI=1S/C18H15Cl2N3O/c1-24-16-7-4-12(20)10-15(16)17-14-8-9-21-18(14)23(22-17)13-5-2-11(19)3-6-13/h2-7,10,21H,8-9H2,1H3. The van der Waals surface area contributed by atoms with Crippen molar-refractivity contribution in [2.75, 3.05) is 19.0 Å². The number of aromatic nitrogens is 2. The number of ether oxygens (including phenoxy) is 1. The zero-order valence-electron chi connectivity index (χ0n) is 13.0. The molecule has 2 aromatic carbocycles. The minimum atomic E-state index is 0.659. The molecule has 0 radical (unpaired) electrons. The van der Waals surface area contributed by atoms with Gasteiger partial charge in [-0.25, -0.2) is 4.68 Å². The van der Waals surface area contributed by atoms with Crippen LogP contribution in [0.2, 0.25) is 10.0 Å². The van der Waals surface area contributed by atoms with E-state index in [0.717, 1.165) is 41.5 Å². The van der Waals surface area contributed by atoms with E-state index in [0.29, 0.717) is 10.0 Å². The first-order valence-corrected chi connectivity index (χ1v) is 8.38. The van der Waals surface area contributed by atoms with E-state index >= 15 is 0 Å². The second kappa shape index (κ2) is 6.04. The van der Waals surface area contributed by atoms with Crippen molar-refractivity contribution >= 4 is 29.0 Å². The summed E-state index contributed by atoms with van der Waals surface area (Å²) in [6.45, 7) is 0.886. The van der Waals surface area contributed by atoms with Crippen LogP contribution in [0, 0.1) is 0 Å². The number of benzene rings is 2. The lowest BCUT2D eigenvalue weighted by Crippen LogP contribution is -2.04. The quantitative estimate of drug-likeness (QED) is 0.728. The zero-order chi connectivity index (χ0) is 16.7. The highest BCUT2D eigenvalue weighted by Gasteiger charge is 2.25. The van der Waals surface area contributed by atoms with Gasteiger partial charge in [-0.3, -0.25) is 0 Å². The molecule has 0 spiro atoms. The second-order valence-electron chi connectivity index (χ2n) is 5.59. The van der Waals surface area contributed by atoms with Gasteiger partial charge in [0.2, 0.25) is 0 Å². The van der Waals surface area contributed by atoms with E-state index in [1.54, 1.807) is 7.11 Å². The summed E-state index contributed by atoms with van der Waals surface area (Å²) in [6, 6.07) is 13.2. The molecule has 0 unspecified atom stereocenters. The molecule has 0 bridgehead atoms. The van der Waals surface area contributed by atoms with Gasteiger partial charge in [0.1, 0.15) is 17.3 Å². The predicted molar refractivity (Wildman–Crippen MR) is 97.8 cm³/mol. The number of methoxy groups -OCH3 is 1. The zero-order valence-corrected chi connectivity index (χ0v) is 14.5. The maximum absolute atomic E-state index is 6.20. The maximum Gasteiger partial charge on any atom is 0.133 e. The summed E-state index contributed by atoms with van der Waals surface area (Å²) in [4.78, 5) is 0. The first-order valence-electron chi connectivity index (χ1n) is 7.63.